The third-order valence-corrected chi connectivity index (χ3v) is 2.67. The minimum absolute atomic E-state index is 0.0444. The Hall–Kier alpha value is 0.0200. The van der Waals surface area contributed by atoms with Gasteiger partial charge in [0.15, 0.2) is 0 Å². The molecular formula is C6H3BrF2INO. The normalized spacial score (nSPS) is 10.8. The van der Waals surface area contributed by atoms with Crippen LogP contribution in [0.4, 0.5) is 8.78 Å². The number of nitrogens with one attached hydrogen (secondary N) is 1. The molecule has 0 aliphatic rings. The Morgan fingerprint density at radius 3 is 2.67 bits per heavy atom. The van der Waals surface area contributed by atoms with Crippen LogP contribution in [-0.2, 0) is 0 Å². The number of alkyl halides is 2. The fourth-order valence-corrected chi connectivity index (χ4v) is 1.59. The lowest BCUT2D eigenvalue weighted by Gasteiger charge is -2.02. The predicted molar refractivity (Wildman–Crippen MR) is 52.4 cm³/mol. The van der Waals surface area contributed by atoms with E-state index in [1.54, 1.807) is 22.6 Å². The zero-order chi connectivity index (χ0) is 9.30. The van der Waals surface area contributed by atoms with Gasteiger partial charge in [0.2, 0.25) is 0 Å². The van der Waals surface area contributed by atoms with E-state index in [9.17, 15) is 13.6 Å². The van der Waals surface area contributed by atoms with Gasteiger partial charge in [-0.1, -0.05) is 0 Å². The highest BCUT2D eigenvalue weighted by molar-refractivity contribution is 14.1. The minimum atomic E-state index is -2.58. The van der Waals surface area contributed by atoms with Crippen LogP contribution in [0.5, 0.6) is 0 Å². The van der Waals surface area contributed by atoms with E-state index >= 15 is 0 Å². The van der Waals surface area contributed by atoms with E-state index < -0.39 is 6.43 Å². The van der Waals surface area contributed by atoms with Gasteiger partial charge in [-0.2, -0.15) is 0 Å². The summed E-state index contributed by atoms with van der Waals surface area (Å²) in [4.78, 5) is 13.1. The monoisotopic (exact) mass is 349 g/mol. The number of hydrogen-bond donors (Lipinski definition) is 1. The van der Waals surface area contributed by atoms with Gasteiger partial charge < -0.3 is 4.98 Å². The van der Waals surface area contributed by atoms with Crippen LogP contribution in [0.1, 0.15) is 12.0 Å². The molecule has 0 fully saturated rings. The third kappa shape index (κ3) is 2.03. The average molecular weight is 350 g/mol. The van der Waals surface area contributed by atoms with Crippen molar-refractivity contribution in [1.82, 2.24) is 4.98 Å². The van der Waals surface area contributed by atoms with Crippen LogP contribution in [-0.4, -0.2) is 4.98 Å². The number of pyridine rings is 1. The van der Waals surface area contributed by atoms with E-state index in [1.807, 2.05) is 0 Å². The van der Waals surface area contributed by atoms with Crippen LogP contribution in [0, 0.1) is 3.57 Å². The molecule has 1 aromatic rings. The summed E-state index contributed by atoms with van der Waals surface area (Å²) in [5.41, 5.74) is -0.564. The number of aromatic nitrogens is 1. The molecule has 0 aliphatic carbocycles. The highest BCUT2D eigenvalue weighted by atomic mass is 127. The van der Waals surface area contributed by atoms with Crippen LogP contribution >= 0.6 is 38.5 Å². The lowest BCUT2D eigenvalue weighted by Crippen LogP contribution is -2.11. The maximum Gasteiger partial charge on any atom is 0.266 e. The third-order valence-electron chi connectivity index (χ3n) is 1.21. The molecule has 0 atom stereocenters. The van der Waals surface area contributed by atoms with Crippen molar-refractivity contribution < 1.29 is 8.78 Å². The topological polar surface area (TPSA) is 32.9 Å². The fourth-order valence-electron chi connectivity index (χ4n) is 0.656. The highest BCUT2D eigenvalue weighted by Crippen LogP contribution is 2.25. The first kappa shape index (κ1) is 10.1. The van der Waals surface area contributed by atoms with Crippen molar-refractivity contribution in [2.75, 3.05) is 0 Å². The number of rotatable bonds is 1. The standard InChI is InChI=1S/C6H3BrF2INO/c7-4-2(5(8)9)1-3(10)6(12)11-4/h1,5H,(H,11,12). The van der Waals surface area contributed by atoms with Crippen molar-refractivity contribution in [3.05, 3.63) is 30.2 Å². The molecule has 1 heterocycles. The molecule has 0 amide bonds. The highest BCUT2D eigenvalue weighted by Gasteiger charge is 2.13. The first-order valence-corrected chi connectivity index (χ1v) is 4.76. The van der Waals surface area contributed by atoms with Crippen LogP contribution in [0.15, 0.2) is 15.5 Å². The van der Waals surface area contributed by atoms with Crippen molar-refractivity contribution in [2.24, 2.45) is 0 Å². The zero-order valence-electron chi connectivity index (χ0n) is 5.57. The summed E-state index contributed by atoms with van der Waals surface area (Å²) in [7, 11) is 0. The molecule has 0 saturated heterocycles. The van der Waals surface area contributed by atoms with Gasteiger partial charge >= 0.3 is 0 Å². The van der Waals surface area contributed by atoms with Crippen molar-refractivity contribution in [3.63, 3.8) is 0 Å². The van der Waals surface area contributed by atoms with E-state index in [4.69, 9.17) is 0 Å². The van der Waals surface area contributed by atoms with E-state index in [0.717, 1.165) is 6.07 Å². The molecule has 1 rings (SSSR count). The molecule has 1 N–H and O–H groups in total. The average Bonchev–Trinajstić information content (AvgIpc) is 1.96. The summed E-state index contributed by atoms with van der Waals surface area (Å²) >= 11 is 4.54. The van der Waals surface area contributed by atoms with Gasteiger partial charge in [0.1, 0.15) is 0 Å². The molecule has 0 spiro atoms. The minimum Gasteiger partial charge on any atom is -0.315 e. The Kier molecular flexibility index (Phi) is 3.22. The summed E-state index contributed by atoms with van der Waals surface area (Å²) in [5.74, 6) is 0. The van der Waals surface area contributed by atoms with Gasteiger partial charge in [-0.25, -0.2) is 8.78 Å². The maximum absolute atomic E-state index is 12.2. The van der Waals surface area contributed by atoms with Crippen molar-refractivity contribution in [3.8, 4) is 0 Å². The Balaban J connectivity index is 3.33. The second-order valence-electron chi connectivity index (χ2n) is 2.02. The lowest BCUT2D eigenvalue weighted by atomic mass is 10.3. The van der Waals surface area contributed by atoms with Crippen molar-refractivity contribution >= 4 is 38.5 Å². The molecule has 6 heteroatoms. The van der Waals surface area contributed by atoms with E-state index in [1.165, 1.54) is 0 Å². The molecule has 0 unspecified atom stereocenters. The van der Waals surface area contributed by atoms with Crippen LogP contribution in [0.25, 0.3) is 0 Å². The second-order valence-corrected chi connectivity index (χ2v) is 3.97. The van der Waals surface area contributed by atoms with Gasteiger partial charge in [0.05, 0.1) is 8.17 Å². The molecule has 2 nitrogen and oxygen atoms in total. The smallest absolute Gasteiger partial charge is 0.266 e. The summed E-state index contributed by atoms with van der Waals surface area (Å²) in [6, 6.07) is 1.16. The SMILES string of the molecule is O=c1[nH]c(Br)c(C(F)F)cc1I. The molecule has 0 radical (unpaired) electrons. The summed E-state index contributed by atoms with van der Waals surface area (Å²) in [5, 5.41) is 0. The van der Waals surface area contributed by atoms with Crippen LogP contribution in [0.2, 0.25) is 0 Å². The van der Waals surface area contributed by atoms with E-state index in [2.05, 4.69) is 20.9 Å². The van der Waals surface area contributed by atoms with Crippen molar-refractivity contribution in [1.29, 1.82) is 0 Å². The fraction of sp³-hybridized carbons (Fsp3) is 0.167. The molecule has 12 heavy (non-hydrogen) atoms. The Bertz CT molecular complexity index is 352. The molecule has 0 aromatic carbocycles. The Morgan fingerprint density at radius 2 is 2.17 bits per heavy atom. The van der Waals surface area contributed by atoms with Crippen molar-refractivity contribution in [2.45, 2.75) is 6.43 Å². The molecule has 1 aromatic heterocycles. The van der Waals surface area contributed by atoms with Gasteiger partial charge in [0, 0.05) is 5.56 Å². The van der Waals surface area contributed by atoms with E-state index in [-0.39, 0.29) is 19.3 Å². The molecule has 0 bridgehead atoms. The first-order valence-electron chi connectivity index (χ1n) is 2.88. The van der Waals surface area contributed by atoms with Crippen LogP contribution < -0.4 is 5.56 Å². The first-order chi connectivity index (χ1) is 5.52. The molecular weight excluding hydrogens is 347 g/mol. The largest absolute Gasteiger partial charge is 0.315 e. The van der Waals surface area contributed by atoms with Gasteiger partial charge in [-0.15, -0.1) is 0 Å². The molecule has 0 aliphatic heterocycles. The molecule has 66 valence electrons. The number of halogens is 4. The number of hydrogen-bond acceptors (Lipinski definition) is 1. The van der Waals surface area contributed by atoms with E-state index in [0.29, 0.717) is 0 Å². The van der Waals surface area contributed by atoms with Gasteiger partial charge in [-0.3, -0.25) is 4.79 Å². The summed E-state index contributed by atoms with van der Waals surface area (Å²) < 4.78 is 24.7. The van der Waals surface area contributed by atoms with Gasteiger partial charge in [-0.05, 0) is 44.6 Å². The Labute approximate surface area is 88.6 Å². The predicted octanol–water partition coefficient (Wildman–Crippen LogP) is 2.68. The quantitative estimate of drug-likeness (QED) is 0.613. The second kappa shape index (κ2) is 3.82. The Morgan fingerprint density at radius 1 is 1.58 bits per heavy atom. The zero-order valence-corrected chi connectivity index (χ0v) is 9.32. The number of H-pyrrole nitrogens is 1. The summed E-state index contributed by atoms with van der Waals surface area (Å²) in [6.45, 7) is 0. The molecule has 0 saturated carbocycles. The summed E-state index contributed by atoms with van der Waals surface area (Å²) in [6.07, 6.45) is -2.58. The lowest BCUT2D eigenvalue weighted by molar-refractivity contribution is 0.150. The number of aromatic amines is 1. The van der Waals surface area contributed by atoms with Gasteiger partial charge in [0.25, 0.3) is 12.0 Å². The van der Waals surface area contributed by atoms with Crippen LogP contribution in [0.3, 0.4) is 0 Å². The maximum atomic E-state index is 12.2.